The average Bonchev–Trinajstić information content (AvgIpc) is 3.17. The summed E-state index contributed by atoms with van der Waals surface area (Å²) in [4.78, 5) is 28.2. The number of methoxy groups -OCH3 is 1. The Bertz CT molecular complexity index is 996. The van der Waals surface area contributed by atoms with Gasteiger partial charge >= 0.3 is 5.97 Å². The number of aromatic nitrogens is 1. The number of benzene rings is 1. The lowest BCUT2D eigenvalue weighted by Gasteiger charge is -2.25. The lowest BCUT2D eigenvalue weighted by atomic mass is 10.1. The summed E-state index contributed by atoms with van der Waals surface area (Å²) in [6, 6.07) is 12.2. The highest BCUT2D eigenvalue weighted by molar-refractivity contribution is 6.01. The maximum atomic E-state index is 12.2. The molecular formula is C19H15N3O4. The van der Waals surface area contributed by atoms with Gasteiger partial charge in [-0.25, -0.2) is 4.79 Å². The van der Waals surface area contributed by atoms with Crippen LogP contribution in [-0.2, 0) is 4.74 Å². The molecule has 1 atom stereocenters. The standard InChI is InChI=1S/C19H15N3O4/c1-25-19(24)12-5-3-2-4-11(12)15-6-7-16(26-15)17-21-14-10-20-9-8-13(14)18(23)22-17/h2-10,17,21H,1H3,(H,22,23)/t17-/m1/s1. The lowest BCUT2D eigenvalue weighted by molar-refractivity contribution is 0.0601. The molecule has 4 rings (SSSR count). The third-order valence-corrected chi connectivity index (χ3v) is 4.15. The number of nitrogens with one attached hydrogen (secondary N) is 2. The van der Waals surface area contributed by atoms with E-state index >= 15 is 0 Å². The fraction of sp³-hybridized carbons (Fsp3) is 0.105. The van der Waals surface area contributed by atoms with Crippen LogP contribution in [0.5, 0.6) is 0 Å². The Morgan fingerprint density at radius 3 is 2.81 bits per heavy atom. The van der Waals surface area contributed by atoms with Gasteiger partial charge in [0.1, 0.15) is 11.5 Å². The number of nitrogens with zero attached hydrogens (tertiary/aromatic N) is 1. The van der Waals surface area contributed by atoms with Gasteiger partial charge in [0.25, 0.3) is 5.91 Å². The number of pyridine rings is 1. The number of hydrogen-bond acceptors (Lipinski definition) is 6. The molecule has 1 aliphatic rings. The van der Waals surface area contributed by atoms with E-state index < -0.39 is 12.1 Å². The topological polar surface area (TPSA) is 93.5 Å². The maximum Gasteiger partial charge on any atom is 0.338 e. The second-order valence-corrected chi connectivity index (χ2v) is 5.71. The van der Waals surface area contributed by atoms with Gasteiger partial charge in [-0.15, -0.1) is 0 Å². The third kappa shape index (κ3) is 2.69. The summed E-state index contributed by atoms with van der Waals surface area (Å²) < 4.78 is 10.7. The van der Waals surface area contributed by atoms with Crippen molar-refractivity contribution in [3.05, 3.63) is 71.7 Å². The Labute approximate surface area is 149 Å². The molecule has 1 aliphatic heterocycles. The Morgan fingerprint density at radius 1 is 1.12 bits per heavy atom. The zero-order valence-corrected chi connectivity index (χ0v) is 13.9. The van der Waals surface area contributed by atoms with Crippen molar-refractivity contribution in [3.8, 4) is 11.3 Å². The first-order valence-corrected chi connectivity index (χ1v) is 7.96. The number of carbonyl (C=O) groups is 2. The van der Waals surface area contributed by atoms with Gasteiger partial charge in [0, 0.05) is 11.8 Å². The predicted octanol–water partition coefficient (Wildman–Crippen LogP) is 2.98. The van der Waals surface area contributed by atoms with Crippen LogP contribution in [0.4, 0.5) is 5.69 Å². The lowest BCUT2D eigenvalue weighted by Crippen LogP contribution is -2.38. The minimum Gasteiger partial charge on any atom is -0.465 e. The number of furan rings is 1. The number of esters is 1. The van der Waals surface area contributed by atoms with E-state index in [1.54, 1.807) is 48.8 Å². The number of rotatable bonds is 3. The summed E-state index contributed by atoms with van der Waals surface area (Å²) >= 11 is 0. The smallest absolute Gasteiger partial charge is 0.338 e. The van der Waals surface area contributed by atoms with Crippen molar-refractivity contribution in [1.82, 2.24) is 10.3 Å². The largest absolute Gasteiger partial charge is 0.465 e. The van der Waals surface area contributed by atoms with E-state index in [-0.39, 0.29) is 5.91 Å². The average molecular weight is 349 g/mol. The van der Waals surface area contributed by atoms with Crippen LogP contribution >= 0.6 is 0 Å². The molecule has 0 radical (unpaired) electrons. The molecule has 0 saturated carbocycles. The van der Waals surface area contributed by atoms with Gasteiger partial charge in [0.05, 0.1) is 30.1 Å². The Morgan fingerprint density at radius 2 is 1.96 bits per heavy atom. The van der Waals surface area contributed by atoms with E-state index in [9.17, 15) is 9.59 Å². The number of ether oxygens (including phenoxy) is 1. The normalized spacial score (nSPS) is 15.6. The van der Waals surface area contributed by atoms with Crippen molar-refractivity contribution in [1.29, 1.82) is 0 Å². The van der Waals surface area contributed by atoms with E-state index in [4.69, 9.17) is 9.15 Å². The van der Waals surface area contributed by atoms with Crippen LogP contribution < -0.4 is 10.6 Å². The summed E-state index contributed by atoms with van der Waals surface area (Å²) in [6.45, 7) is 0. The zero-order valence-electron chi connectivity index (χ0n) is 13.9. The fourth-order valence-corrected chi connectivity index (χ4v) is 2.89. The Hall–Kier alpha value is -3.61. The van der Waals surface area contributed by atoms with E-state index in [0.29, 0.717) is 33.9 Å². The van der Waals surface area contributed by atoms with Gasteiger partial charge in [-0.2, -0.15) is 0 Å². The van der Waals surface area contributed by atoms with Crippen molar-refractivity contribution in [2.24, 2.45) is 0 Å². The van der Waals surface area contributed by atoms with Crippen LogP contribution in [-0.4, -0.2) is 24.0 Å². The van der Waals surface area contributed by atoms with Crippen LogP contribution in [0.3, 0.4) is 0 Å². The fourth-order valence-electron chi connectivity index (χ4n) is 2.89. The minimum absolute atomic E-state index is 0.209. The molecule has 0 unspecified atom stereocenters. The predicted molar refractivity (Wildman–Crippen MR) is 93.6 cm³/mol. The highest BCUT2D eigenvalue weighted by atomic mass is 16.5. The van der Waals surface area contributed by atoms with Crippen LogP contribution in [0.1, 0.15) is 32.6 Å². The van der Waals surface area contributed by atoms with Crippen LogP contribution in [0.25, 0.3) is 11.3 Å². The van der Waals surface area contributed by atoms with Gasteiger partial charge < -0.3 is 19.8 Å². The number of fused-ring (bicyclic) bond motifs is 1. The SMILES string of the molecule is COC(=O)c1ccccc1-c1ccc([C@H]2NC(=O)c3ccncc3N2)o1. The molecule has 7 heteroatoms. The molecule has 0 aliphatic carbocycles. The van der Waals surface area contributed by atoms with Crippen molar-refractivity contribution >= 4 is 17.6 Å². The minimum atomic E-state index is -0.529. The quantitative estimate of drug-likeness (QED) is 0.706. The number of amides is 1. The molecule has 0 saturated heterocycles. The number of carbonyl (C=O) groups excluding carboxylic acids is 2. The first kappa shape index (κ1) is 15.9. The van der Waals surface area contributed by atoms with Gasteiger partial charge in [-0.3, -0.25) is 9.78 Å². The summed E-state index contributed by atoms with van der Waals surface area (Å²) in [5.41, 5.74) is 2.19. The molecule has 130 valence electrons. The third-order valence-electron chi connectivity index (χ3n) is 4.15. The zero-order chi connectivity index (χ0) is 18.1. The van der Waals surface area contributed by atoms with Gasteiger partial charge in [-0.1, -0.05) is 18.2 Å². The highest BCUT2D eigenvalue weighted by Gasteiger charge is 2.27. The molecule has 1 amide bonds. The summed E-state index contributed by atoms with van der Waals surface area (Å²) in [6.07, 6.45) is 2.63. The molecule has 7 nitrogen and oxygen atoms in total. The van der Waals surface area contributed by atoms with Crippen molar-refractivity contribution in [3.63, 3.8) is 0 Å². The Kier molecular flexibility index (Phi) is 3.89. The Balaban J connectivity index is 1.66. The van der Waals surface area contributed by atoms with E-state index in [0.717, 1.165) is 0 Å². The molecular weight excluding hydrogens is 334 g/mol. The first-order valence-electron chi connectivity index (χ1n) is 7.96. The number of anilines is 1. The van der Waals surface area contributed by atoms with E-state index in [1.807, 2.05) is 6.07 Å². The molecule has 2 N–H and O–H groups in total. The summed E-state index contributed by atoms with van der Waals surface area (Å²) in [5.74, 6) is 0.373. The number of hydrogen-bond donors (Lipinski definition) is 2. The second kappa shape index (κ2) is 6.36. The van der Waals surface area contributed by atoms with Crippen LogP contribution in [0.15, 0.2) is 59.3 Å². The van der Waals surface area contributed by atoms with Crippen molar-refractivity contribution < 1.29 is 18.7 Å². The van der Waals surface area contributed by atoms with E-state index in [2.05, 4.69) is 15.6 Å². The molecule has 0 bridgehead atoms. The first-order chi connectivity index (χ1) is 12.7. The summed E-state index contributed by atoms with van der Waals surface area (Å²) in [7, 11) is 1.33. The van der Waals surface area contributed by atoms with Gasteiger partial charge in [0.15, 0.2) is 6.17 Å². The van der Waals surface area contributed by atoms with Crippen LogP contribution in [0.2, 0.25) is 0 Å². The van der Waals surface area contributed by atoms with Crippen molar-refractivity contribution in [2.45, 2.75) is 6.17 Å². The molecule has 26 heavy (non-hydrogen) atoms. The van der Waals surface area contributed by atoms with Crippen molar-refractivity contribution in [2.75, 3.05) is 12.4 Å². The molecule has 1 aromatic carbocycles. The van der Waals surface area contributed by atoms with Crippen LogP contribution in [0, 0.1) is 0 Å². The summed E-state index contributed by atoms with van der Waals surface area (Å²) in [5, 5.41) is 6.02. The molecule has 0 spiro atoms. The van der Waals surface area contributed by atoms with E-state index in [1.165, 1.54) is 7.11 Å². The van der Waals surface area contributed by atoms with Gasteiger partial charge in [-0.05, 0) is 24.3 Å². The molecule has 3 aromatic rings. The highest BCUT2D eigenvalue weighted by Crippen LogP contribution is 2.31. The maximum absolute atomic E-state index is 12.2. The van der Waals surface area contributed by atoms with Gasteiger partial charge in [0.2, 0.25) is 0 Å². The molecule has 0 fully saturated rings. The second-order valence-electron chi connectivity index (χ2n) is 5.71. The molecule has 3 heterocycles. The molecule has 2 aromatic heterocycles. The monoisotopic (exact) mass is 349 g/mol.